The Hall–Kier alpha value is -1.10. The van der Waals surface area contributed by atoms with Gasteiger partial charge < -0.3 is 14.9 Å². The molecule has 2 rings (SSSR count). The Balaban J connectivity index is 1.78. The molecule has 2 atom stereocenters. The van der Waals surface area contributed by atoms with Crippen LogP contribution in [0.15, 0.2) is 24.3 Å². The van der Waals surface area contributed by atoms with Crippen LogP contribution in [0.2, 0.25) is 0 Å². The number of aliphatic hydroxyl groups excluding tert-OH is 2. The molecule has 0 spiro atoms. The Bertz CT molecular complexity index is 422. The van der Waals surface area contributed by atoms with Crippen LogP contribution in [0, 0.1) is 6.92 Å². The molecule has 1 aliphatic rings. The van der Waals surface area contributed by atoms with Crippen LogP contribution in [-0.4, -0.2) is 53.6 Å². The molecule has 0 aliphatic carbocycles. The zero-order valence-corrected chi connectivity index (χ0v) is 12.9. The molecular formula is C17H27NO3. The standard InChI is InChI=1S/C17H27NO3/c1-14-5-4-7-17(11-14)21-13-16(20)12-18-9-3-2-6-15(18)8-10-19/h4-5,7,11,15-16,19-20H,2-3,6,8-10,12-13H2,1H3. The zero-order valence-electron chi connectivity index (χ0n) is 12.9. The minimum absolute atomic E-state index is 0.219. The van der Waals surface area contributed by atoms with Crippen molar-refractivity contribution in [2.45, 2.75) is 44.8 Å². The average molecular weight is 293 g/mol. The highest BCUT2D eigenvalue weighted by molar-refractivity contribution is 5.27. The first-order valence-corrected chi connectivity index (χ1v) is 7.91. The summed E-state index contributed by atoms with van der Waals surface area (Å²) in [6, 6.07) is 8.27. The van der Waals surface area contributed by atoms with Gasteiger partial charge >= 0.3 is 0 Å². The fourth-order valence-electron chi connectivity index (χ4n) is 3.00. The van der Waals surface area contributed by atoms with Gasteiger partial charge in [-0.15, -0.1) is 0 Å². The van der Waals surface area contributed by atoms with E-state index in [9.17, 15) is 5.11 Å². The van der Waals surface area contributed by atoms with E-state index in [2.05, 4.69) is 4.90 Å². The third-order valence-electron chi connectivity index (χ3n) is 4.09. The normalized spacial score (nSPS) is 21.2. The number of aliphatic hydroxyl groups is 2. The first-order valence-electron chi connectivity index (χ1n) is 7.91. The van der Waals surface area contributed by atoms with Crippen molar-refractivity contribution >= 4 is 0 Å². The number of hydrogen-bond donors (Lipinski definition) is 2. The summed E-state index contributed by atoms with van der Waals surface area (Å²) in [6.07, 6.45) is 3.81. The Kier molecular flexibility index (Phi) is 6.49. The van der Waals surface area contributed by atoms with E-state index in [-0.39, 0.29) is 6.61 Å². The van der Waals surface area contributed by atoms with Gasteiger partial charge in [0.05, 0.1) is 0 Å². The Labute approximate surface area is 127 Å². The molecule has 0 saturated carbocycles. The number of aryl methyl sites for hydroxylation is 1. The lowest BCUT2D eigenvalue weighted by atomic mass is 9.99. The molecule has 2 N–H and O–H groups in total. The Morgan fingerprint density at radius 2 is 2.24 bits per heavy atom. The zero-order chi connectivity index (χ0) is 15.1. The van der Waals surface area contributed by atoms with E-state index in [1.165, 1.54) is 12.8 Å². The van der Waals surface area contributed by atoms with Crippen molar-refractivity contribution < 1.29 is 14.9 Å². The van der Waals surface area contributed by atoms with Crippen molar-refractivity contribution in [1.82, 2.24) is 4.90 Å². The third-order valence-corrected chi connectivity index (χ3v) is 4.09. The molecule has 1 aromatic rings. The van der Waals surface area contributed by atoms with Gasteiger partial charge in [0.15, 0.2) is 0 Å². The van der Waals surface area contributed by atoms with Gasteiger partial charge in [0.1, 0.15) is 18.5 Å². The fourth-order valence-corrected chi connectivity index (χ4v) is 3.00. The number of hydrogen-bond acceptors (Lipinski definition) is 4. The smallest absolute Gasteiger partial charge is 0.119 e. The number of benzene rings is 1. The van der Waals surface area contributed by atoms with Crippen molar-refractivity contribution in [3.05, 3.63) is 29.8 Å². The molecule has 1 saturated heterocycles. The van der Waals surface area contributed by atoms with Crippen molar-refractivity contribution in [2.24, 2.45) is 0 Å². The molecule has 4 heteroatoms. The van der Waals surface area contributed by atoms with Crippen molar-refractivity contribution in [3.63, 3.8) is 0 Å². The minimum atomic E-state index is -0.496. The quantitative estimate of drug-likeness (QED) is 0.807. The number of nitrogens with zero attached hydrogens (tertiary/aromatic N) is 1. The summed E-state index contributed by atoms with van der Waals surface area (Å²) in [6.45, 7) is 4.18. The molecule has 0 bridgehead atoms. The van der Waals surface area contributed by atoms with E-state index in [1.54, 1.807) is 0 Å². The SMILES string of the molecule is Cc1cccc(OCC(O)CN2CCCCC2CCO)c1. The molecule has 118 valence electrons. The molecule has 1 fully saturated rings. The van der Waals surface area contributed by atoms with Gasteiger partial charge in [-0.1, -0.05) is 18.6 Å². The van der Waals surface area contributed by atoms with Crippen molar-refractivity contribution in [2.75, 3.05) is 26.3 Å². The summed E-state index contributed by atoms with van der Waals surface area (Å²) in [7, 11) is 0. The second kappa shape index (κ2) is 8.37. The van der Waals surface area contributed by atoms with Crippen LogP contribution in [0.1, 0.15) is 31.2 Å². The van der Waals surface area contributed by atoms with E-state index in [0.717, 1.165) is 30.7 Å². The van der Waals surface area contributed by atoms with E-state index < -0.39 is 6.10 Å². The average Bonchev–Trinajstić information content (AvgIpc) is 2.48. The van der Waals surface area contributed by atoms with E-state index in [0.29, 0.717) is 19.2 Å². The van der Waals surface area contributed by atoms with Gasteiger partial charge in [0.2, 0.25) is 0 Å². The minimum Gasteiger partial charge on any atom is -0.491 e. The van der Waals surface area contributed by atoms with Crippen LogP contribution >= 0.6 is 0 Å². The molecule has 1 heterocycles. The monoisotopic (exact) mass is 293 g/mol. The van der Waals surface area contributed by atoms with Crippen molar-refractivity contribution in [1.29, 1.82) is 0 Å². The highest BCUT2D eigenvalue weighted by atomic mass is 16.5. The second-order valence-corrected chi connectivity index (χ2v) is 5.94. The lowest BCUT2D eigenvalue weighted by molar-refractivity contribution is 0.0332. The van der Waals surface area contributed by atoms with E-state index >= 15 is 0 Å². The number of rotatable bonds is 7. The summed E-state index contributed by atoms with van der Waals surface area (Å²) in [4.78, 5) is 2.30. The molecule has 21 heavy (non-hydrogen) atoms. The van der Waals surface area contributed by atoms with E-state index in [1.807, 2.05) is 31.2 Å². The maximum atomic E-state index is 10.2. The summed E-state index contributed by atoms with van der Waals surface area (Å²) < 4.78 is 5.66. The Morgan fingerprint density at radius 1 is 1.38 bits per heavy atom. The predicted octanol–water partition coefficient (Wildman–Crippen LogP) is 1.97. The van der Waals surface area contributed by atoms with Crippen LogP contribution in [0.25, 0.3) is 0 Å². The first kappa shape index (κ1) is 16.3. The maximum absolute atomic E-state index is 10.2. The van der Waals surface area contributed by atoms with Crippen LogP contribution in [0.3, 0.4) is 0 Å². The van der Waals surface area contributed by atoms with Crippen LogP contribution in [-0.2, 0) is 0 Å². The van der Waals surface area contributed by atoms with Crippen LogP contribution < -0.4 is 4.74 Å². The van der Waals surface area contributed by atoms with Gasteiger partial charge in [0.25, 0.3) is 0 Å². The lowest BCUT2D eigenvalue weighted by Gasteiger charge is -2.36. The van der Waals surface area contributed by atoms with Gasteiger partial charge in [0, 0.05) is 19.2 Å². The third kappa shape index (κ3) is 5.30. The molecule has 0 amide bonds. The van der Waals surface area contributed by atoms with Crippen LogP contribution in [0.5, 0.6) is 5.75 Å². The lowest BCUT2D eigenvalue weighted by Crippen LogP contribution is -2.45. The van der Waals surface area contributed by atoms with Gasteiger partial charge in [-0.2, -0.15) is 0 Å². The number of β-amino-alcohol motifs (C(OH)–C–C–N with tert-alkyl or cyclic N) is 1. The van der Waals surface area contributed by atoms with E-state index in [4.69, 9.17) is 9.84 Å². The predicted molar refractivity (Wildman–Crippen MR) is 83.6 cm³/mol. The molecule has 1 aliphatic heterocycles. The fraction of sp³-hybridized carbons (Fsp3) is 0.647. The summed E-state index contributed by atoms with van der Waals surface area (Å²) in [5.74, 6) is 0.805. The topological polar surface area (TPSA) is 52.9 Å². The number of likely N-dealkylation sites (tertiary alicyclic amines) is 1. The largest absolute Gasteiger partial charge is 0.491 e. The highest BCUT2D eigenvalue weighted by Crippen LogP contribution is 2.20. The maximum Gasteiger partial charge on any atom is 0.119 e. The molecule has 4 nitrogen and oxygen atoms in total. The molecule has 1 aromatic carbocycles. The van der Waals surface area contributed by atoms with Crippen molar-refractivity contribution in [3.8, 4) is 5.75 Å². The summed E-state index contributed by atoms with van der Waals surface area (Å²) >= 11 is 0. The molecule has 2 unspecified atom stereocenters. The highest BCUT2D eigenvalue weighted by Gasteiger charge is 2.24. The van der Waals surface area contributed by atoms with Gasteiger partial charge in [-0.3, -0.25) is 4.90 Å². The first-order chi connectivity index (χ1) is 10.2. The number of piperidine rings is 1. The van der Waals surface area contributed by atoms with Gasteiger partial charge in [-0.25, -0.2) is 0 Å². The summed E-state index contributed by atoms with van der Waals surface area (Å²) in [5.41, 5.74) is 1.15. The Morgan fingerprint density at radius 3 is 3.00 bits per heavy atom. The molecule has 0 aromatic heterocycles. The second-order valence-electron chi connectivity index (χ2n) is 5.94. The van der Waals surface area contributed by atoms with Crippen LogP contribution in [0.4, 0.5) is 0 Å². The molecule has 0 radical (unpaired) electrons. The number of ether oxygens (including phenoxy) is 1. The molecular weight excluding hydrogens is 266 g/mol. The van der Waals surface area contributed by atoms with Gasteiger partial charge in [-0.05, 0) is 50.4 Å². The summed E-state index contributed by atoms with van der Waals surface area (Å²) in [5, 5.41) is 19.3.